The number of hydrogen-bond donors (Lipinski definition) is 2. The molecular formula is C21H18FN9O. The Bertz CT molecular complexity index is 1300. The Hall–Kier alpha value is -4.59. The van der Waals surface area contributed by atoms with Gasteiger partial charge >= 0.3 is 0 Å². The van der Waals surface area contributed by atoms with Gasteiger partial charge in [0.25, 0.3) is 5.88 Å². The van der Waals surface area contributed by atoms with Crippen LogP contribution < -0.4 is 15.9 Å². The minimum Gasteiger partial charge on any atom is -0.467 e. The maximum absolute atomic E-state index is 14.0. The lowest BCUT2D eigenvalue weighted by Gasteiger charge is -2.18. The van der Waals surface area contributed by atoms with Gasteiger partial charge < -0.3 is 10.5 Å². The van der Waals surface area contributed by atoms with Crippen molar-refractivity contribution in [1.82, 2.24) is 19.7 Å². The monoisotopic (exact) mass is 431 g/mol. The molecule has 4 rings (SSSR count). The molecule has 3 heterocycles. The van der Waals surface area contributed by atoms with Crippen LogP contribution in [0.2, 0.25) is 0 Å². The van der Waals surface area contributed by atoms with Crippen LogP contribution in [0, 0.1) is 17.1 Å². The molecule has 3 aromatic rings. The van der Waals surface area contributed by atoms with Gasteiger partial charge in [-0.1, -0.05) is 0 Å². The molecule has 1 atom stereocenters. The van der Waals surface area contributed by atoms with Gasteiger partial charge in [0.1, 0.15) is 23.7 Å². The zero-order valence-electron chi connectivity index (χ0n) is 17.2. The summed E-state index contributed by atoms with van der Waals surface area (Å²) in [7, 11) is 1.63. The molecule has 10 nitrogen and oxygen atoms in total. The SMILES string of the molecule is C[C@H]1Oc2nc(cnc2N)-c2c(nn(C)c2C#N)N=C/C=C\C=N/Nc2ccc(F)cc21. The maximum atomic E-state index is 14.0. The van der Waals surface area contributed by atoms with Crippen LogP contribution in [-0.2, 0) is 7.05 Å². The van der Waals surface area contributed by atoms with Gasteiger partial charge in [0.15, 0.2) is 11.6 Å². The van der Waals surface area contributed by atoms with E-state index in [2.05, 4.69) is 36.7 Å². The van der Waals surface area contributed by atoms with Gasteiger partial charge in [-0.2, -0.15) is 15.5 Å². The molecule has 1 aromatic carbocycles. The van der Waals surface area contributed by atoms with Crippen molar-refractivity contribution in [3.8, 4) is 23.2 Å². The van der Waals surface area contributed by atoms with Crippen molar-refractivity contribution < 1.29 is 9.13 Å². The second-order valence-corrected chi connectivity index (χ2v) is 6.77. The highest BCUT2D eigenvalue weighted by molar-refractivity contribution is 5.85. The molecule has 0 amide bonds. The molecule has 0 saturated heterocycles. The predicted octanol–water partition coefficient (Wildman–Crippen LogP) is 3.28. The Kier molecular flexibility index (Phi) is 5.59. The minimum absolute atomic E-state index is 0.0309. The van der Waals surface area contributed by atoms with Crippen molar-refractivity contribution in [3.05, 3.63) is 53.6 Å². The number of nitrogens with two attached hydrogens (primary N) is 1. The zero-order chi connectivity index (χ0) is 22.7. The van der Waals surface area contributed by atoms with Crippen LogP contribution in [0.5, 0.6) is 5.88 Å². The smallest absolute Gasteiger partial charge is 0.258 e. The average Bonchev–Trinajstić information content (AvgIpc) is 3.09. The van der Waals surface area contributed by atoms with Gasteiger partial charge in [-0.05, 0) is 37.3 Å². The molecule has 0 radical (unpaired) electrons. The third-order valence-electron chi connectivity index (χ3n) is 4.64. The number of nitrogens with one attached hydrogen (secondary N) is 1. The van der Waals surface area contributed by atoms with Crippen molar-refractivity contribution in [1.29, 1.82) is 5.26 Å². The Morgan fingerprint density at radius 3 is 2.91 bits per heavy atom. The lowest BCUT2D eigenvalue weighted by atomic mass is 10.1. The third kappa shape index (κ3) is 4.01. The highest BCUT2D eigenvalue weighted by Gasteiger charge is 2.22. The largest absolute Gasteiger partial charge is 0.467 e. The summed E-state index contributed by atoms with van der Waals surface area (Å²) >= 11 is 0. The maximum Gasteiger partial charge on any atom is 0.258 e. The molecule has 0 aliphatic carbocycles. The summed E-state index contributed by atoms with van der Waals surface area (Å²) < 4.78 is 21.3. The van der Waals surface area contributed by atoms with E-state index in [-0.39, 0.29) is 23.2 Å². The van der Waals surface area contributed by atoms with E-state index in [1.165, 1.54) is 35.4 Å². The van der Waals surface area contributed by atoms with E-state index in [4.69, 9.17) is 10.5 Å². The second kappa shape index (κ2) is 8.65. The number of nitriles is 1. The van der Waals surface area contributed by atoms with Crippen molar-refractivity contribution in [2.45, 2.75) is 13.0 Å². The van der Waals surface area contributed by atoms with Gasteiger partial charge in [0.2, 0.25) is 0 Å². The number of rotatable bonds is 0. The standard InChI is InChI=1S/C21H18FN9O/c1-12-14-9-13(22)5-6-15(14)29-27-8-4-3-7-25-20-18(17(10-23)31(2)30-20)16-11-26-19(24)21(28-16)32-12/h3-9,11-12,29H,1-2H3,(H2,24,26)/b4-3-,25-7?,27-8-/t12-/m1/s1. The highest BCUT2D eigenvalue weighted by Crippen LogP contribution is 2.35. The fourth-order valence-electron chi connectivity index (χ4n) is 3.12. The summed E-state index contributed by atoms with van der Waals surface area (Å²) in [5.41, 5.74) is 10.9. The number of nitrogens with zero attached hydrogens (tertiary/aromatic N) is 7. The minimum atomic E-state index is -0.652. The van der Waals surface area contributed by atoms with Crippen LogP contribution in [-0.4, -0.2) is 32.2 Å². The van der Waals surface area contributed by atoms with Crippen LogP contribution >= 0.6 is 0 Å². The summed E-state index contributed by atoms with van der Waals surface area (Å²) in [6.45, 7) is 1.72. The van der Waals surface area contributed by atoms with Crippen molar-refractivity contribution in [3.63, 3.8) is 0 Å². The molecule has 0 unspecified atom stereocenters. The summed E-state index contributed by atoms with van der Waals surface area (Å²) in [6, 6.07) is 6.32. The Morgan fingerprint density at radius 2 is 2.09 bits per heavy atom. The van der Waals surface area contributed by atoms with E-state index in [9.17, 15) is 9.65 Å². The Morgan fingerprint density at radius 1 is 1.28 bits per heavy atom. The topological polar surface area (TPSA) is 139 Å². The first-order valence-corrected chi connectivity index (χ1v) is 9.52. The van der Waals surface area contributed by atoms with E-state index in [1.807, 2.05) is 0 Å². The fourth-order valence-corrected chi connectivity index (χ4v) is 3.12. The number of fused-ring (bicyclic) bond motifs is 5. The van der Waals surface area contributed by atoms with E-state index in [0.717, 1.165) is 0 Å². The number of aromatic nitrogens is 4. The molecule has 32 heavy (non-hydrogen) atoms. The van der Waals surface area contributed by atoms with Crippen LogP contribution in [0.25, 0.3) is 11.3 Å². The highest BCUT2D eigenvalue weighted by atomic mass is 19.1. The number of halogens is 1. The van der Waals surface area contributed by atoms with Crippen LogP contribution in [0.1, 0.15) is 24.3 Å². The normalized spacial score (nSPS) is 17.2. The molecule has 11 heteroatoms. The second-order valence-electron chi connectivity index (χ2n) is 6.77. The molecule has 2 bridgehead atoms. The Labute approximate surface area is 182 Å². The van der Waals surface area contributed by atoms with Gasteiger partial charge in [-0.25, -0.2) is 19.4 Å². The summed E-state index contributed by atoms with van der Waals surface area (Å²) in [6.07, 6.45) is 7.10. The number of anilines is 2. The van der Waals surface area contributed by atoms with E-state index >= 15 is 0 Å². The van der Waals surface area contributed by atoms with E-state index < -0.39 is 11.9 Å². The quantitative estimate of drug-likeness (QED) is 0.557. The molecular weight excluding hydrogens is 413 g/mol. The van der Waals surface area contributed by atoms with Gasteiger partial charge in [-0.3, -0.25) is 10.1 Å². The van der Waals surface area contributed by atoms with Crippen molar-refractivity contribution in [2.75, 3.05) is 11.2 Å². The number of allylic oxidation sites excluding steroid dienone is 2. The first-order chi connectivity index (χ1) is 15.5. The number of aryl methyl sites for hydroxylation is 1. The number of benzene rings is 1. The molecule has 0 fully saturated rings. The molecule has 1 aliphatic heterocycles. The molecule has 0 saturated carbocycles. The average molecular weight is 431 g/mol. The fraction of sp³-hybridized carbons (Fsp3) is 0.143. The van der Waals surface area contributed by atoms with Crippen LogP contribution in [0.15, 0.2) is 46.6 Å². The van der Waals surface area contributed by atoms with E-state index in [0.29, 0.717) is 22.5 Å². The summed E-state index contributed by atoms with van der Waals surface area (Å²) in [4.78, 5) is 12.9. The number of hydrogen-bond acceptors (Lipinski definition) is 9. The zero-order valence-corrected chi connectivity index (χ0v) is 17.2. The van der Waals surface area contributed by atoms with Crippen molar-refractivity contribution in [2.24, 2.45) is 17.1 Å². The molecule has 160 valence electrons. The van der Waals surface area contributed by atoms with Crippen molar-refractivity contribution >= 4 is 29.8 Å². The van der Waals surface area contributed by atoms with Gasteiger partial charge in [0, 0.05) is 25.0 Å². The number of nitrogen functional groups attached to an aromatic ring is 1. The lowest BCUT2D eigenvalue weighted by molar-refractivity contribution is 0.218. The van der Waals surface area contributed by atoms with E-state index in [1.54, 1.807) is 32.2 Å². The molecule has 3 N–H and O–H groups in total. The number of ether oxygens (including phenoxy) is 1. The Balaban J connectivity index is 1.89. The first kappa shape index (κ1) is 20.7. The molecule has 1 aliphatic rings. The lowest BCUT2D eigenvalue weighted by Crippen LogP contribution is -2.10. The summed E-state index contributed by atoms with van der Waals surface area (Å²) in [5.74, 6) is -0.0762. The predicted molar refractivity (Wildman–Crippen MR) is 118 cm³/mol. The number of aliphatic imine (C=N–C) groups is 1. The van der Waals surface area contributed by atoms with Crippen LogP contribution in [0.4, 0.5) is 21.7 Å². The summed E-state index contributed by atoms with van der Waals surface area (Å²) in [5, 5.41) is 18.0. The van der Waals surface area contributed by atoms with Crippen LogP contribution in [0.3, 0.4) is 0 Å². The van der Waals surface area contributed by atoms with Gasteiger partial charge in [0.05, 0.1) is 23.1 Å². The molecule has 2 aromatic heterocycles. The first-order valence-electron chi connectivity index (χ1n) is 9.52. The number of hydrazone groups is 1. The third-order valence-corrected chi connectivity index (χ3v) is 4.64. The van der Waals surface area contributed by atoms with Gasteiger partial charge in [-0.15, -0.1) is 0 Å². The molecule has 0 spiro atoms.